The number of ether oxygens (including phenoxy) is 2. The van der Waals surface area contributed by atoms with Crippen molar-refractivity contribution in [3.8, 4) is 0 Å². The van der Waals surface area contributed by atoms with Crippen LogP contribution in [0.5, 0.6) is 0 Å². The van der Waals surface area contributed by atoms with Crippen LogP contribution in [0.15, 0.2) is 4.99 Å². The van der Waals surface area contributed by atoms with Crippen molar-refractivity contribution in [3.63, 3.8) is 0 Å². The highest BCUT2D eigenvalue weighted by atomic mass is 16.5. The molecule has 0 aromatic carbocycles. The molecule has 23 heavy (non-hydrogen) atoms. The zero-order valence-corrected chi connectivity index (χ0v) is 15.5. The minimum Gasteiger partial charge on any atom is -0.380 e. The number of guanidine groups is 1. The van der Waals surface area contributed by atoms with Crippen molar-refractivity contribution < 1.29 is 9.47 Å². The Bertz CT molecular complexity index is 329. The largest absolute Gasteiger partial charge is 0.380 e. The van der Waals surface area contributed by atoms with E-state index in [4.69, 9.17) is 14.5 Å². The van der Waals surface area contributed by atoms with Crippen LogP contribution < -0.4 is 10.6 Å². The van der Waals surface area contributed by atoms with Gasteiger partial charge in [-0.15, -0.1) is 0 Å². The van der Waals surface area contributed by atoms with Gasteiger partial charge in [0.2, 0.25) is 0 Å². The summed E-state index contributed by atoms with van der Waals surface area (Å²) in [6.45, 7) is 16.3. The van der Waals surface area contributed by atoms with Gasteiger partial charge >= 0.3 is 0 Å². The van der Waals surface area contributed by atoms with Crippen molar-refractivity contribution in [1.29, 1.82) is 0 Å². The molecule has 1 aliphatic rings. The number of hydrogen-bond donors (Lipinski definition) is 2. The fourth-order valence-electron chi connectivity index (χ4n) is 2.47. The van der Waals surface area contributed by atoms with Gasteiger partial charge < -0.3 is 20.1 Å². The quantitative estimate of drug-likeness (QED) is 0.361. The molecule has 1 heterocycles. The first-order chi connectivity index (χ1) is 11.1. The Hall–Kier alpha value is -0.850. The summed E-state index contributed by atoms with van der Waals surface area (Å²) in [5, 5.41) is 6.64. The minimum absolute atomic E-state index is 0.0454. The van der Waals surface area contributed by atoms with Crippen LogP contribution in [-0.2, 0) is 9.47 Å². The van der Waals surface area contributed by atoms with Crippen LogP contribution in [-0.4, -0.2) is 75.5 Å². The highest BCUT2D eigenvalue weighted by Crippen LogP contribution is 2.16. The lowest BCUT2D eigenvalue weighted by Crippen LogP contribution is -2.52. The van der Waals surface area contributed by atoms with Gasteiger partial charge in [0.15, 0.2) is 5.96 Å². The number of aliphatic imine (C=N–C) groups is 1. The molecule has 0 aliphatic carbocycles. The molecule has 1 rings (SSSR count). The monoisotopic (exact) mass is 328 g/mol. The second-order valence-corrected chi connectivity index (χ2v) is 6.50. The van der Waals surface area contributed by atoms with Gasteiger partial charge in [0.05, 0.1) is 26.4 Å². The van der Waals surface area contributed by atoms with E-state index in [1.54, 1.807) is 0 Å². The molecule has 0 amide bonds. The average Bonchev–Trinajstić information content (AvgIpc) is 2.56. The maximum absolute atomic E-state index is 5.58. The zero-order chi connectivity index (χ0) is 17.0. The molecule has 6 nitrogen and oxygen atoms in total. The maximum Gasteiger partial charge on any atom is 0.191 e. The lowest BCUT2D eigenvalue weighted by atomic mass is 10.0. The third-order valence-electron chi connectivity index (χ3n) is 4.02. The molecule has 0 spiro atoms. The standard InChI is InChI=1S/C17H36N4O2/c1-5-7-11-22-12-8-19-16(18-6-2)20-15-17(3,4)21-9-13-23-14-10-21/h5-15H2,1-4H3,(H2,18,19,20). The molecule has 1 saturated heterocycles. The van der Waals surface area contributed by atoms with Gasteiger partial charge in [-0.3, -0.25) is 9.89 Å². The second-order valence-electron chi connectivity index (χ2n) is 6.50. The summed E-state index contributed by atoms with van der Waals surface area (Å²) in [4.78, 5) is 7.21. The van der Waals surface area contributed by atoms with Gasteiger partial charge in [-0.25, -0.2) is 0 Å². The van der Waals surface area contributed by atoms with Crippen LogP contribution in [0.4, 0.5) is 0 Å². The molecule has 0 atom stereocenters. The Morgan fingerprint density at radius 1 is 1.17 bits per heavy atom. The van der Waals surface area contributed by atoms with E-state index in [1.165, 1.54) is 6.42 Å². The van der Waals surface area contributed by atoms with E-state index < -0.39 is 0 Å². The van der Waals surface area contributed by atoms with Crippen LogP contribution >= 0.6 is 0 Å². The predicted octanol–water partition coefficient (Wildman–Crippen LogP) is 1.47. The number of unbranched alkanes of at least 4 members (excludes halogenated alkanes) is 1. The Morgan fingerprint density at radius 3 is 2.57 bits per heavy atom. The summed E-state index contributed by atoms with van der Waals surface area (Å²) >= 11 is 0. The number of morpholine rings is 1. The molecule has 2 N–H and O–H groups in total. The predicted molar refractivity (Wildman–Crippen MR) is 96.2 cm³/mol. The van der Waals surface area contributed by atoms with Gasteiger partial charge in [-0.2, -0.15) is 0 Å². The lowest BCUT2D eigenvalue weighted by Gasteiger charge is -2.39. The van der Waals surface area contributed by atoms with E-state index in [0.717, 1.165) is 71.5 Å². The molecule has 0 aromatic rings. The highest BCUT2D eigenvalue weighted by molar-refractivity contribution is 5.79. The summed E-state index contributed by atoms with van der Waals surface area (Å²) in [5.41, 5.74) is 0.0454. The molecule has 0 saturated carbocycles. The zero-order valence-electron chi connectivity index (χ0n) is 15.5. The van der Waals surface area contributed by atoms with Crippen molar-refractivity contribution in [3.05, 3.63) is 0 Å². The summed E-state index contributed by atoms with van der Waals surface area (Å²) < 4.78 is 11.0. The van der Waals surface area contributed by atoms with Gasteiger partial charge in [0, 0.05) is 38.3 Å². The Kier molecular flexibility index (Phi) is 10.2. The smallest absolute Gasteiger partial charge is 0.191 e. The maximum atomic E-state index is 5.58. The summed E-state index contributed by atoms with van der Waals surface area (Å²) in [5.74, 6) is 0.868. The van der Waals surface area contributed by atoms with E-state index in [-0.39, 0.29) is 5.54 Å². The van der Waals surface area contributed by atoms with Crippen molar-refractivity contribution in [2.24, 2.45) is 4.99 Å². The van der Waals surface area contributed by atoms with Gasteiger partial charge in [0.25, 0.3) is 0 Å². The van der Waals surface area contributed by atoms with Crippen molar-refractivity contribution in [2.45, 2.75) is 46.1 Å². The second kappa shape index (κ2) is 11.6. The molecular weight excluding hydrogens is 292 g/mol. The first kappa shape index (κ1) is 20.2. The summed E-state index contributed by atoms with van der Waals surface area (Å²) in [6.07, 6.45) is 2.30. The van der Waals surface area contributed by atoms with Gasteiger partial charge in [0.1, 0.15) is 0 Å². The average molecular weight is 329 g/mol. The van der Waals surface area contributed by atoms with E-state index in [0.29, 0.717) is 0 Å². The molecular formula is C17H36N4O2. The van der Waals surface area contributed by atoms with E-state index in [1.807, 2.05) is 0 Å². The van der Waals surface area contributed by atoms with Crippen molar-refractivity contribution in [1.82, 2.24) is 15.5 Å². The molecule has 0 bridgehead atoms. The minimum atomic E-state index is 0.0454. The van der Waals surface area contributed by atoms with E-state index in [9.17, 15) is 0 Å². The van der Waals surface area contributed by atoms with Crippen LogP contribution in [0, 0.1) is 0 Å². The number of nitrogens with one attached hydrogen (secondary N) is 2. The summed E-state index contributed by atoms with van der Waals surface area (Å²) in [6, 6.07) is 0. The first-order valence-electron chi connectivity index (χ1n) is 9.03. The fourth-order valence-corrected chi connectivity index (χ4v) is 2.47. The van der Waals surface area contributed by atoms with E-state index >= 15 is 0 Å². The number of hydrogen-bond acceptors (Lipinski definition) is 4. The molecule has 1 aliphatic heterocycles. The molecule has 136 valence electrons. The number of rotatable bonds is 10. The Morgan fingerprint density at radius 2 is 1.91 bits per heavy atom. The molecule has 0 radical (unpaired) electrons. The molecule has 6 heteroatoms. The van der Waals surface area contributed by atoms with Crippen molar-refractivity contribution >= 4 is 5.96 Å². The SMILES string of the molecule is CCCCOCCNC(=NCC(C)(C)N1CCOCC1)NCC. The Labute approximate surface area is 142 Å². The fraction of sp³-hybridized carbons (Fsp3) is 0.941. The summed E-state index contributed by atoms with van der Waals surface area (Å²) in [7, 11) is 0. The lowest BCUT2D eigenvalue weighted by molar-refractivity contribution is -0.00684. The third-order valence-corrected chi connectivity index (χ3v) is 4.02. The van der Waals surface area contributed by atoms with Crippen LogP contribution in [0.25, 0.3) is 0 Å². The topological polar surface area (TPSA) is 58.1 Å². The first-order valence-corrected chi connectivity index (χ1v) is 9.03. The normalized spacial score (nSPS) is 17.3. The molecule has 1 fully saturated rings. The molecule has 0 unspecified atom stereocenters. The van der Waals surface area contributed by atoms with Gasteiger partial charge in [-0.1, -0.05) is 13.3 Å². The molecule has 0 aromatic heterocycles. The highest BCUT2D eigenvalue weighted by Gasteiger charge is 2.27. The Balaban J connectivity index is 2.37. The third kappa shape index (κ3) is 8.53. The number of nitrogens with zero attached hydrogens (tertiary/aromatic N) is 2. The van der Waals surface area contributed by atoms with Crippen LogP contribution in [0.3, 0.4) is 0 Å². The van der Waals surface area contributed by atoms with Crippen LogP contribution in [0.2, 0.25) is 0 Å². The van der Waals surface area contributed by atoms with Crippen LogP contribution in [0.1, 0.15) is 40.5 Å². The van der Waals surface area contributed by atoms with Crippen molar-refractivity contribution in [2.75, 3.05) is 59.2 Å². The van der Waals surface area contributed by atoms with E-state index in [2.05, 4.69) is 43.2 Å². The van der Waals surface area contributed by atoms with Gasteiger partial charge in [-0.05, 0) is 27.2 Å².